The van der Waals surface area contributed by atoms with Gasteiger partial charge in [-0.2, -0.15) is 11.8 Å². The molecule has 176 valence electrons. The van der Waals surface area contributed by atoms with Gasteiger partial charge in [-0.05, 0) is 11.1 Å². The first-order valence-electron chi connectivity index (χ1n) is 10.1. The molecule has 0 aliphatic heterocycles. The highest BCUT2D eigenvalue weighted by Gasteiger charge is 2.29. The number of amides is 3. The van der Waals surface area contributed by atoms with Crippen LogP contribution in [0.5, 0.6) is 0 Å². The lowest BCUT2D eigenvalue weighted by Crippen LogP contribution is -2.53. The second-order valence-corrected chi connectivity index (χ2v) is 8.04. The van der Waals surface area contributed by atoms with Crippen molar-refractivity contribution in [2.24, 2.45) is 5.73 Å². The number of ether oxygens (including phenoxy) is 2. The van der Waals surface area contributed by atoms with Gasteiger partial charge >= 0.3 is 12.1 Å². The number of hydrogen-bond acceptors (Lipinski definition) is 7. The summed E-state index contributed by atoms with van der Waals surface area (Å²) < 4.78 is 9.87. The van der Waals surface area contributed by atoms with E-state index in [4.69, 9.17) is 15.2 Å². The van der Waals surface area contributed by atoms with Crippen LogP contribution in [0.1, 0.15) is 17.5 Å². The molecule has 2 rings (SSSR count). The lowest BCUT2D eigenvalue weighted by Gasteiger charge is -2.21. The Morgan fingerprint density at radius 3 is 2.09 bits per heavy atom. The van der Waals surface area contributed by atoms with Gasteiger partial charge in [0.15, 0.2) is 0 Å². The highest BCUT2D eigenvalue weighted by Crippen LogP contribution is 2.13. The van der Waals surface area contributed by atoms with E-state index < -0.39 is 42.4 Å². The predicted molar refractivity (Wildman–Crippen MR) is 124 cm³/mol. The first-order chi connectivity index (χ1) is 15.9. The molecule has 0 fully saturated rings. The van der Waals surface area contributed by atoms with Crippen molar-refractivity contribution in [1.29, 1.82) is 0 Å². The van der Waals surface area contributed by atoms with Gasteiger partial charge in [0.25, 0.3) is 0 Å². The van der Waals surface area contributed by atoms with Gasteiger partial charge in [-0.15, -0.1) is 0 Å². The molecule has 4 N–H and O–H groups in total. The molecular formula is C23H27N3O6S. The van der Waals surface area contributed by atoms with E-state index in [9.17, 15) is 19.2 Å². The van der Waals surface area contributed by atoms with Gasteiger partial charge in [0, 0.05) is 11.5 Å². The second kappa shape index (κ2) is 13.8. The van der Waals surface area contributed by atoms with Crippen LogP contribution in [0.2, 0.25) is 0 Å². The lowest BCUT2D eigenvalue weighted by atomic mass is 10.1. The molecule has 0 radical (unpaired) electrons. The molecule has 9 nitrogen and oxygen atoms in total. The molecule has 2 aromatic rings. The highest BCUT2D eigenvalue weighted by atomic mass is 32.2. The maximum Gasteiger partial charge on any atom is 0.408 e. The van der Waals surface area contributed by atoms with E-state index in [1.54, 1.807) is 24.3 Å². The minimum atomic E-state index is -1.31. The molecule has 0 spiro atoms. The number of methoxy groups -OCH3 is 1. The molecular weight excluding hydrogens is 446 g/mol. The Kier molecular flexibility index (Phi) is 10.8. The van der Waals surface area contributed by atoms with Crippen LogP contribution in [-0.2, 0) is 36.2 Å². The summed E-state index contributed by atoms with van der Waals surface area (Å²) in [4.78, 5) is 48.5. The fraction of sp³-hybridized carbons (Fsp3) is 0.304. The van der Waals surface area contributed by atoms with E-state index in [-0.39, 0.29) is 12.4 Å². The van der Waals surface area contributed by atoms with E-state index in [0.29, 0.717) is 5.75 Å². The summed E-state index contributed by atoms with van der Waals surface area (Å²) >= 11 is 1.43. The molecule has 3 amide bonds. The zero-order valence-corrected chi connectivity index (χ0v) is 19.0. The van der Waals surface area contributed by atoms with Crippen molar-refractivity contribution in [3.05, 3.63) is 71.8 Å². The molecule has 0 unspecified atom stereocenters. The van der Waals surface area contributed by atoms with E-state index in [0.717, 1.165) is 11.1 Å². The molecule has 33 heavy (non-hydrogen) atoms. The number of carbonyl (C=O) groups excluding carboxylic acids is 4. The average Bonchev–Trinajstić information content (AvgIpc) is 2.82. The summed E-state index contributed by atoms with van der Waals surface area (Å²) in [5.74, 6) is -1.34. The molecule has 0 saturated heterocycles. The van der Waals surface area contributed by atoms with E-state index >= 15 is 0 Å². The minimum Gasteiger partial charge on any atom is -0.467 e. The fourth-order valence-electron chi connectivity index (χ4n) is 2.77. The van der Waals surface area contributed by atoms with E-state index in [1.807, 2.05) is 36.4 Å². The molecule has 0 saturated carbocycles. The van der Waals surface area contributed by atoms with E-state index in [2.05, 4.69) is 10.6 Å². The Bertz CT molecular complexity index is 926. The standard InChI is InChI=1S/C23H27N3O6S/c1-31-22(29)19(15-33-14-17-10-6-3-7-11-17)25-21(28)18(12-20(24)27)26-23(30)32-13-16-8-4-2-5-9-16/h2-11,18-19H,12-15H2,1H3,(H2,24,27)(H,25,28)(H,26,30)/t18-,19-/m0/s1. The average molecular weight is 474 g/mol. The van der Waals surface area contributed by atoms with Crippen LogP contribution in [0.25, 0.3) is 0 Å². The monoisotopic (exact) mass is 473 g/mol. The number of esters is 1. The zero-order chi connectivity index (χ0) is 24.1. The highest BCUT2D eigenvalue weighted by molar-refractivity contribution is 7.98. The minimum absolute atomic E-state index is 0.0154. The van der Waals surface area contributed by atoms with Gasteiger partial charge in [-0.1, -0.05) is 60.7 Å². The maximum absolute atomic E-state index is 12.7. The number of carbonyl (C=O) groups is 4. The Morgan fingerprint density at radius 1 is 0.909 bits per heavy atom. The number of hydrogen-bond donors (Lipinski definition) is 3. The Hall–Kier alpha value is -3.53. The smallest absolute Gasteiger partial charge is 0.408 e. The Morgan fingerprint density at radius 2 is 1.52 bits per heavy atom. The van der Waals surface area contributed by atoms with Crippen LogP contribution < -0.4 is 16.4 Å². The predicted octanol–water partition coefficient (Wildman–Crippen LogP) is 1.75. The van der Waals surface area contributed by atoms with Gasteiger partial charge in [-0.3, -0.25) is 9.59 Å². The molecule has 0 bridgehead atoms. The Labute approximate surface area is 196 Å². The van der Waals surface area contributed by atoms with E-state index in [1.165, 1.54) is 18.9 Å². The summed E-state index contributed by atoms with van der Waals surface area (Å²) in [5, 5.41) is 4.86. The molecule has 0 aromatic heterocycles. The first-order valence-corrected chi connectivity index (χ1v) is 11.3. The molecule has 0 heterocycles. The van der Waals surface area contributed by atoms with Crippen LogP contribution in [0.3, 0.4) is 0 Å². The summed E-state index contributed by atoms with van der Waals surface area (Å²) in [6, 6.07) is 16.3. The summed E-state index contributed by atoms with van der Waals surface area (Å²) in [5.41, 5.74) is 7.04. The lowest BCUT2D eigenvalue weighted by molar-refractivity contribution is -0.144. The summed E-state index contributed by atoms with van der Waals surface area (Å²) in [7, 11) is 1.21. The SMILES string of the molecule is COC(=O)[C@H](CSCc1ccccc1)NC(=O)[C@H](CC(N)=O)NC(=O)OCc1ccccc1. The number of thioether (sulfide) groups is 1. The number of benzene rings is 2. The van der Waals surface area contributed by atoms with Crippen molar-refractivity contribution in [2.45, 2.75) is 30.9 Å². The summed E-state index contributed by atoms with van der Waals surface area (Å²) in [6.45, 7) is -0.0154. The van der Waals surface area contributed by atoms with Crippen LogP contribution in [0.15, 0.2) is 60.7 Å². The van der Waals surface area contributed by atoms with Crippen molar-refractivity contribution in [2.75, 3.05) is 12.9 Å². The van der Waals surface area contributed by atoms with Crippen molar-refractivity contribution in [1.82, 2.24) is 10.6 Å². The third-order valence-corrected chi connectivity index (χ3v) is 5.53. The second-order valence-electron chi connectivity index (χ2n) is 7.01. The maximum atomic E-state index is 12.7. The van der Waals surface area contributed by atoms with Crippen molar-refractivity contribution in [3.63, 3.8) is 0 Å². The van der Waals surface area contributed by atoms with Gasteiger partial charge < -0.3 is 25.8 Å². The van der Waals surface area contributed by atoms with Crippen molar-refractivity contribution < 1.29 is 28.7 Å². The number of nitrogens with two attached hydrogens (primary N) is 1. The Balaban J connectivity index is 1.94. The number of primary amides is 1. The van der Waals surface area contributed by atoms with Gasteiger partial charge in [0.05, 0.1) is 13.5 Å². The van der Waals surface area contributed by atoms with Crippen LogP contribution >= 0.6 is 11.8 Å². The molecule has 2 atom stereocenters. The van der Waals surface area contributed by atoms with Gasteiger partial charge in [0.1, 0.15) is 18.7 Å². The van der Waals surface area contributed by atoms with Crippen molar-refractivity contribution in [3.8, 4) is 0 Å². The quantitative estimate of drug-likeness (QED) is 0.399. The number of nitrogens with one attached hydrogen (secondary N) is 2. The molecule has 0 aliphatic carbocycles. The third-order valence-electron chi connectivity index (χ3n) is 4.42. The van der Waals surface area contributed by atoms with Crippen LogP contribution in [0.4, 0.5) is 4.79 Å². The van der Waals surface area contributed by atoms with Crippen LogP contribution in [-0.4, -0.2) is 48.8 Å². The summed E-state index contributed by atoms with van der Waals surface area (Å²) in [6.07, 6.45) is -1.36. The molecule has 0 aliphatic rings. The largest absolute Gasteiger partial charge is 0.467 e. The normalized spacial score (nSPS) is 12.2. The number of rotatable bonds is 12. The zero-order valence-electron chi connectivity index (χ0n) is 18.2. The fourth-order valence-corrected chi connectivity index (χ4v) is 3.77. The first kappa shape index (κ1) is 25.7. The van der Waals surface area contributed by atoms with Gasteiger partial charge in [-0.25, -0.2) is 9.59 Å². The van der Waals surface area contributed by atoms with Gasteiger partial charge in [0.2, 0.25) is 11.8 Å². The molecule has 10 heteroatoms. The van der Waals surface area contributed by atoms with Crippen LogP contribution in [0, 0.1) is 0 Å². The molecule has 2 aromatic carbocycles. The number of alkyl carbamates (subject to hydrolysis) is 1. The van der Waals surface area contributed by atoms with Crippen molar-refractivity contribution >= 4 is 35.6 Å². The topological polar surface area (TPSA) is 137 Å². The third kappa shape index (κ3) is 9.65.